The Morgan fingerprint density at radius 1 is 1.25 bits per heavy atom. The van der Waals surface area contributed by atoms with Crippen molar-refractivity contribution in [1.29, 1.82) is 0 Å². The Hall–Kier alpha value is -1.77. The van der Waals surface area contributed by atoms with Gasteiger partial charge in [-0.15, -0.1) is 0 Å². The van der Waals surface area contributed by atoms with Crippen LogP contribution in [0.2, 0.25) is 0 Å². The van der Waals surface area contributed by atoms with E-state index in [9.17, 15) is 0 Å². The lowest BCUT2D eigenvalue weighted by molar-refractivity contribution is 0.343. The molecule has 0 unspecified atom stereocenters. The van der Waals surface area contributed by atoms with Gasteiger partial charge in [-0.05, 0) is 26.0 Å². The van der Waals surface area contributed by atoms with E-state index in [1.807, 2.05) is 31.3 Å². The highest BCUT2D eigenvalue weighted by molar-refractivity contribution is 5.94. The third-order valence-corrected chi connectivity index (χ3v) is 2.40. The molecule has 2 rings (SSSR count). The summed E-state index contributed by atoms with van der Waals surface area (Å²) in [6, 6.07) is 7.99. The van der Waals surface area contributed by atoms with Gasteiger partial charge in [0.2, 0.25) is 0 Å². The Bertz CT molecular complexity index is 437. The first kappa shape index (κ1) is 10.7. The van der Waals surface area contributed by atoms with E-state index in [-0.39, 0.29) is 0 Å². The highest BCUT2D eigenvalue weighted by Gasteiger charge is 2.05. The van der Waals surface area contributed by atoms with Crippen LogP contribution in [0.5, 0.6) is 5.75 Å². The number of pyridine rings is 1. The summed E-state index contributed by atoms with van der Waals surface area (Å²) in [5.41, 5.74) is 2.02. The van der Waals surface area contributed by atoms with Crippen LogP contribution in [0.4, 0.5) is 5.69 Å². The van der Waals surface area contributed by atoms with Crippen molar-refractivity contribution >= 4 is 16.6 Å². The molecule has 1 N–H and O–H groups in total. The summed E-state index contributed by atoms with van der Waals surface area (Å²) in [5, 5.41) is 4.43. The molecule has 16 heavy (non-hydrogen) atoms. The van der Waals surface area contributed by atoms with Gasteiger partial charge in [-0.3, -0.25) is 4.98 Å². The minimum absolute atomic E-state index is 0.659. The second-order valence-electron chi connectivity index (χ2n) is 3.47. The number of nitrogens with zero attached hydrogens (tertiary/aromatic N) is 1. The number of hydrogen-bond acceptors (Lipinski definition) is 3. The maximum atomic E-state index is 5.56. The third kappa shape index (κ3) is 1.94. The number of hydrogen-bond donors (Lipinski definition) is 1. The second-order valence-corrected chi connectivity index (χ2v) is 3.47. The van der Waals surface area contributed by atoms with Crippen molar-refractivity contribution in [1.82, 2.24) is 4.98 Å². The Labute approximate surface area is 95.5 Å². The normalized spacial score (nSPS) is 10.4. The molecule has 1 heterocycles. The van der Waals surface area contributed by atoms with Gasteiger partial charge in [0.15, 0.2) is 0 Å². The molecule has 0 amide bonds. The van der Waals surface area contributed by atoms with Gasteiger partial charge in [0.05, 0.1) is 6.61 Å². The van der Waals surface area contributed by atoms with E-state index in [0.29, 0.717) is 6.61 Å². The number of benzene rings is 1. The summed E-state index contributed by atoms with van der Waals surface area (Å²) in [6.45, 7) is 5.62. The molecule has 0 atom stereocenters. The molecular formula is C13H16N2O. The molecule has 0 bridgehead atoms. The van der Waals surface area contributed by atoms with Gasteiger partial charge in [0.1, 0.15) is 11.3 Å². The Morgan fingerprint density at radius 2 is 2.12 bits per heavy atom. The second kappa shape index (κ2) is 4.84. The van der Waals surface area contributed by atoms with E-state index < -0.39 is 0 Å². The van der Waals surface area contributed by atoms with Crippen molar-refractivity contribution in [2.45, 2.75) is 13.8 Å². The minimum Gasteiger partial charge on any atom is -0.492 e. The van der Waals surface area contributed by atoms with Gasteiger partial charge < -0.3 is 10.1 Å². The van der Waals surface area contributed by atoms with Crippen molar-refractivity contribution < 1.29 is 4.74 Å². The van der Waals surface area contributed by atoms with Crippen LogP contribution in [0.1, 0.15) is 13.8 Å². The average Bonchev–Trinajstić information content (AvgIpc) is 2.31. The first-order valence-electron chi connectivity index (χ1n) is 5.61. The first-order valence-corrected chi connectivity index (χ1v) is 5.61. The molecule has 0 saturated carbocycles. The van der Waals surface area contributed by atoms with E-state index in [1.165, 1.54) is 0 Å². The van der Waals surface area contributed by atoms with Crippen molar-refractivity contribution in [3.05, 3.63) is 30.5 Å². The molecule has 3 heteroatoms. The van der Waals surface area contributed by atoms with Gasteiger partial charge in [-0.25, -0.2) is 0 Å². The van der Waals surface area contributed by atoms with Crippen molar-refractivity contribution in [2.24, 2.45) is 0 Å². The molecule has 0 aliphatic rings. The molecule has 1 aromatic heterocycles. The predicted octanol–water partition coefficient (Wildman–Crippen LogP) is 3.07. The molecule has 0 fully saturated rings. The zero-order valence-electron chi connectivity index (χ0n) is 9.66. The van der Waals surface area contributed by atoms with Crippen LogP contribution >= 0.6 is 0 Å². The number of fused-ring (bicyclic) bond motifs is 1. The fraction of sp³-hybridized carbons (Fsp3) is 0.308. The van der Waals surface area contributed by atoms with Crippen LogP contribution in [-0.4, -0.2) is 18.1 Å². The highest BCUT2D eigenvalue weighted by atomic mass is 16.5. The van der Waals surface area contributed by atoms with Crippen molar-refractivity contribution in [3.63, 3.8) is 0 Å². The number of nitrogens with one attached hydrogen (secondary N) is 1. The van der Waals surface area contributed by atoms with E-state index in [4.69, 9.17) is 4.74 Å². The maximum Gasteiger partial charge on any atom is 0.145 e. The molecule has 1 aromatic carbocycles. The van der Waals surface area contributed by atoms with Gasteiger partial charge in [-0.2, -0.15) is 0 Å². The Kier molecular flexibility index (Phi) is 3.25. The minimum atomic E-state index is 0.659. The number of ether oxygens (including phenoxy) is 1. The summed E-state index contributed by atoms with van der Waals surface area (Å²) in [5.74, 6) is 0.847. The highest BCUT2D eigenvalue weighted by Crippen LogP contribution is 2.28. The molecular weight excluding hydrogens is 200 g/mol. The lowest BCUT2D eigenvalue weighted by Crippen LogP contribution is -1.99. The van der Waals surface area contributed by atoms with E-state index >= 15 is 0 Å². The molecule has 0 saturated heterocycles. The number of anilines is 1. The van der Waals surface area contributed by atoms with Crippen LogP contribution in [0.3, 0.4) is 0 Å². The smallest absolute Gasteiger partial charge is 0.145 e. The van der Waals surface area contributed by atoms with Crippen LogP contribution in [0.15, 0.2) is 30.5 Å². The third-order valence-electron chi connectivity index (χ3n) is 2.40. The van der Waals surface area contributed by atoms with Crippen LogP contribution in [0.25, 0.3) is 10.9 Å². The fourth-order valence-corrected chi connectivity index (χ4v) is 1.77. The summed E-state index contributed by atoms with van der Waals surface area (Å²) < 4.78 is 5.56. The number of rotatable bonds is 4. The lowest BCUT2D eigenvalue weighted by atomic mass is 10.1. The van der Waals surface area contributed by atoms with E-state index in [0.717, 1.165) is 28.9 Å². The number of aromatic nitrogens is 1. The van der Waals surface area contributed by atoms with E-state index in [2.05, 4.69) is 23.3 Å². The maximum absolute atomic E-state index is 5.56. The van der Waals surface area contributed by atoms with E-state index in [1.54, 1.807) is 0 Å². The fourth-order valence-electron chi connectivity index (χ4n) is 1.77. The van der Waals surface area contributed by atoms with Crippen LogP contribution < -0.4 is 10.1 Å². The molecule has 2 aromatic rings. The SMILES string of the molecule is CCNc1ccnc2c(OCC)cccc12. The summed E-state index contributed by atoms with van der Waals surface area (Å²) >= 11 is 0. The van der Waals surface area contributed by atoms with Crippen LogP contribution in [-0.2, 0) is 0 Å². The first-order chi connectivity index (χ1) is 7.86. The average molecular weight is 216 g/mol. The molecule has 3 nitrogen and oxygen atoms in total. The van der Waals surface area contributed by atoms with Gasteiger partial charge >= 0.3 is 0 Å². The summed E-state index contributed by atoms with van der Waals surface area (Å²) in [6.07, 6.45) is 1.81. The lowest BCUT2D eigenvalue weighted by Gasteiger charge is -2.10. The molecule has 0 aliphatic heterocycles. The van der Waals surface area contributed by atoms with Gasteiger partial charge in [0, 0.05) is 23.8 Å². The Morgan fingerprint density at radius 3 is 2.88 bits per heavy atom. The molecule has 0 aliphatic carbocycles. The largest absolute Gasteiger partial charge is 0.492 e. The molecule has 0 radical (unpaired) electrons. The zero-order valence-corrected chi connectivity index (χ0v) is 9.66. The number of para-hydroxylation sites is 1. The van der Waals surface area contributed by atoms with Gasteiger partial charge in [-0.1, -0.05) is 12.1 Å². The van der Waals surface area contributed by atoms with Crippen LogP contribution in [0, 0.1) is 0 Å². The van der Waals surface area contributed by atoms with Gasteiger partial charge in [0.25, 0.3) is 0 Å². The summed E-state index contributed by atoms with van der Waals surface area (Å²) in [7, 11) is 0. The molecule has 84 valence electrons. The standard InChI is InChI=1S/C13H16N2O/c1-3-14-11-8-9-15-13-10(11)6-5-7-12(13)16-4-2/h5-9H,3-4H2,1-2H3,(H,14,15). The Balaban J connectivity index is 2.57. The topological polar surface area (TPSA) is 34.2 Å². The quantitative estimate of drug-likeness (QED) is 0.852. The van der Waals surface area contributed by atoms with Crippen molar-refractivity contribution in [3.8, 4) is 5.75 Å². The monoisotopic (exact) mass is 216 g/mol. The summed E-state index contributed by atoms with van der Waals surface area (Å²) in [4.78, 5) is 4.38. The predicted molar refractivity (Wildman–Crippen MR) is 67.1 cm³/mol. The molecule has 0 spiro atoms. The van der Waals surface area contributed by atoms with Crippen molar-refractivity contribution in [2.75, 3.05) is 18.5 Å². The zero-order chi connectivity index (χ0) is 11.4.